The second-order valence-electron chi connectivity index (χ2n) is 9.26. The van der Waals surface area contributed by atoms with Gasteiger partial charge in [0.05, 0.1) is 5.69 Å². The summed E-state index contributed by atoms with van der Waals surface area (Å²) < 4.78 is 2.76. The van der Waals surface area contributed by atoms with Crippen molar-refractivity contribution in [1.29, 1.82) is 0 Å². The maximum Gasteiger partial charge on any atom is 0.434 e. The van der Waals surface area contributed by atoms with Gasteiger partial charge in [-0.25, -0.2) is 4.79 Å². The molecule has 0 radical (unpaired) electrons. The summed E-state index contributed by atoms with van der Waals surface area (Å²) in [5.74, 6) is 0.0969. The number of benzene rings is 1. The first kappa shape index (κ1) is 21.4. The number of aromatic nitrogens is 3. The third kappa shape index (κ3) is 4.16. The molecule has 2 aliphatic heterocycles. The fourth-order valence-electron chi connectivity index (χ4n) is 4.89. The van der Waals surface area contributed by atoms with E-state index in [1.807, 2.05) is 22.9 Å². The normalized spacial score (nSPS) is 20.5. The number of carbonyl (C=O) groups excluding carboxylic acids is 1. The van der Waals surface area contributed by atoms with E-state index in [9.17, 15) is 15.0 Å². The van der Waals surface area contributed by atoms with Crippen molar-refractivity contribution < 1.29 is 19.8 Å². The van der Waals surface area contributed by atoms with Crippen molar-refractivity contribution >= 4 is 6.09 Å². The highest BCUT2D eigenvalue weighted by Gasteiger charge is 2.42. The first-order chi connectivity index (χ1) is 15.9. The Bertz CT molecular complexity index is 1110. The van der Waals surface area contributed by atoms with Crippen molar-refractivity contribution in [1.82, 2.24) is 24.3 Å². The Balaban J connectivity index is 1.24. The minimum Gasteiger partial charge on any atom is -0.492 e. The second-order valence-corrected chi connectivity index (χ2v) is 9.26. The van der Waals surface area contributed by atoms with Crippen LogP contribution in [0.1, 0.15) is 25.5 Å². The van der Waals surface area contributed by atoms with Gasteiger partial charge in [0, 0.05) is 68.2 Å². The van der Waals surface area contributed by atoms with Crippen molar-refractivity contribution in [2.24, 2.45) is 11.8 Å². The average molecular weight is 452 g/mol. The second kappa shape index (κ2) is 8.47. The molecule has 0 bridgehead atoms. The zero-order valence-corrected chi connectivity index (χ0v) is 18.8. The Labute approximate surface area is 192 Å². The lowest BCUT2D eigenvalue weighted by molar-refractivity contribution is 0.0774. The highest BCUT2D eigenvalue weighted by Crippen LogP contribution is 2.34. The van der Waals surface area contributed by atoms with Crippen molar-refractivity contribution in [3.05, 3.63) is 54.2 Å². The lowest BCUT2D eigenvalue weighted by atomic mass is 10.0. The standard InChI is InChI=1S/C24H29N5O4/c1-16(2)28-15-20(23(25-28)17-6-4-3-5-7-17)12-26-10-18-13-27(14-19(18)11-26)24(32)33-29-21(30)8-9-22(29)31/h3-9,15-16,18-19,30-31H,10-14H2,1-2H3. The first-order valence-corrected chi connectivity index (χ1v) is 11.3. The van der Waals surface area contributed by atoms with Crippen LogP contribution in [0, 0.1) is 11.8 Å². The number of likely N-dealkylation sites (tertiary alicyclic amines) is 2. The van der Waals surface area contributed by atoms with Gasteiger partial charge in [0.2, 0.25) is 11.8 Å². The number of fused-ring (bicyclic) bond motifs is 1. The maximum atomic E-state index is 12.5. The third-order valence-electron chi connectivity index (χ3n) is 6.57. The number of nitrogens with zero attached hydrogens (tertiary/aromatic N) is 5. The van der Waals surface area contributed by atoms with Gasteiger partial charge in [0.25, 0.3) is 0 Å². The molecular formula is C24H29N5O4. The van der Waals surface area contributed by atoms with Gasteiger partial charge in [-0.05, 0) is 25.7 Å². The zero-order valence-electron chi connectivity index (χ0n) is 18.8. The molecule has 0 saturated carbocycles. The molecule has 2 fully saturated rings. The minimum atomic E-state index is -0.567. The Kier molecular flexibility index (Phi) is 5.49. The number of hydrogen-bond donors (Lipinski definition) is 2. The van der Waals surface area contributed by atoms with E-state index < -0.39 is 6.09 Å². The molecule has 2 atom stereocenters. The molecule has 0 aliphatic carbocycles. The van der Waals surface area contributed by atoms with Crippen LogP contribution in [0.5, 0.6) is 11.8 Å². The number of hydrogen-bond acceptors (Lipinski definition) is 6. The van der Waals surface area contributed by atoms with Crippen molar-refractivity contribution in [3.63, 3.8) is 0 Å². The topological polar surface area (TPSA) is 96.0 Å². The molecular weight excluding hydrogens is 422 g/mol. The van der Waals surface area contributed by atoms with Crippen molar-refractivity contribution in [2.75, 3.05) is 26.2 Å². The predicted octanol–water partition coefficient (Wildman–Crippen LogP) is 2.96. The monoisotopic (exact) mass is 451 g/mol. The molecule has 33 heavy (non-hydrogen) atoms. The summed E-state index contributed by atoms with van der Waals surface area (Å²) in [4.78, 5) is 21.8. The Morgan fingerprint density at radius 2 is 1.67 bits per heavy atom. The van der Waals surface area contributed by atoms with Gasteiger partial charge in [-0.3, -0.25) is 9.58 Å². The van der Waals surface area contributed by atoms with Crippen LogP contribution in [-0.2, 0) is 6.54 Å². The summed E-state index contributed by atoms with van der Waals surface area (Å²) in [5.41, 5.74) is 3.36. The van der Waals surface area contributed by atoms with E-state index >= 15 is 0 Å². The predicted molar refractivity (Wildman–Crippen MR) is 122 cm³/mol. The van der Waals surface area contributed by atoms with Gasteiger partial charge in [-0.1, -0.05) is 30.3 Å². The quantitative estimate of drug-likeness (QED) is 0.619. The molecule has 4 heterocycles. The summed E-state index contributed by atoms with van der Waals surface area (Å²) in [6.07, 6.45) is 1.59. The summed E-state index contributed by atoms with van der Waals surface area (Å²) in [6.45, 7) is 8.07. The van der Waals surface area contributed by atoms with Crippen LogP contribution in [0.2, 0.25) is 0 Å². The first-order valence-electron chi connectivity index (χ1n) is 11.3. The lowest BCUT2D eigenvalue weighted by Gasteiger charge is -2.21. The lowest BCUT2D eigenvalue weighted by Crippen LogP contribution is -2.37. The van der Waals surface area contributed by atoms with Crippen LogP contribution in [0.15, 0.2) is 48.7 Å². The molecule has 2 aliphatic rings. The van der Waals surface area contributed by atoms with E-state index in [1.54, 1.807) is 4.90 Å². The van der Waals surface area contributed by atoms with Crippen molar-refractivity contribution in [2.45, 2.75) is 26.4 Å². The molecule has 1 aromatic carbocycles. The van der Waals surface area contributed by atoms with Gasteiger partial charge in [0.1, 0.15) is 0 Å². The van der Waals surface area contributed by atoms with Crippen molar-refractivity contribution in [3.8, 4) is 23.0 Å². The summed E-state index contributed by atoms with van der Waals surface area (Å²) in [6, 6.07) is 13.1. The van der Waals surface area contributed by atoms with E-state index in [2.05, 4.69) is 37.1 Å². The molecule has 9 heteroatoms. The Morgan fingerprint density at radius 1 is 1.03 bits per heavy atom. The summed E-state index contributed by atoms with van der Waals surface area (Å²) in [5, 5.41) is 24.2. The molecule has 9 nitrogen and oxygen atoms in total. The van der Waals surface area contributed by atoms with E-state index in [4.69, 9.17) is 9.94 Å². The number of carbonyl (C=O) groups is 1. The number of amides is 1. The SMILES string of the molecule is CC(C)n1cc(CN2CC3CN(C(=O)On4c(O)ccc4O)CC3C2)c(-c2ccccc2)n1. The smallest absolute Gasteiger partial charge is 0.434 e. The molecule has 1 amide bonds. The highest BCUT2D eigenvalue weighted by atomic mass is 16.7. The van der Waals surface area contributed by atoms with Crippen LogP contribution < -0.4 is 4.84 Å². The van der Waals surface area contributed by atoms with Gasteiger partial charge >= 0.3 is 6.09 Å². The van der Waals surface area contributed by atoms with E-state index in [0.717, 1.165) is 35.6 Å². The van der Waals surface area contributed by atoms with E-state index in [-0.39, 0.29) is 17.8 Å². The molecule has 2 aromatic heterocycles. The van der Waals surface area contributed by atoms with Crippen LogP contribution in [0.4, 0.5) is 4.79 Å². The molecule has 2 saturated heterocycles. The van der Waals surface area contributed by atoms with E-state index in [0.29, 0.717) is 24.9 Å². The molecule has 174 valence electrons. The van der Waals surface area contributed by atoms with Gasteiger partial charge < -0.3 is 20.0 Å². The van der Waals surface area contributed by atoms with Gasteiger partial charge in [-0.2, -0.15) is 5.10 Å². The summed E-state index contributed by atoms with van der Waals surface area (Å²) in [7, 11) is 0. The zero-order chi connectivity index (χ0) is 23.1. The number of aromatic hydroxyl groups is 2. The highest BCUT2D eigenvalue weighted by molar-refractivity contribution is 5.68. The Morgan fingerprint density at radius 3 is 2.27 bits per heavy atom. The van der Waals surface area contributed by atoms with Crippen LogP contribution >= 0.6 is 0 Å². The fourth-order valence-corrected chi connectivity index (χ4v) is 4.89. The van der Waals surface area contributed by atoms with Gasteiger partial charge in [0.15, 0.2) is 0 Å². The van der Waals surface area contributed by atoms with E-state index in [1.165, 1.54) is 17.7 Å². The fraction of sp³-hybridized carbons (Fsp3) is 0.417. The van der Waals surface area contributed by atoms with Gasteiger partial charge in [-0.15, -0.1) is 4.73 Å². The summed E-state index contributed by atoms with van der Waals surface area (Å²) >= 11 is 0. The van der Waals surface area contributed by atoms with Crippen LogP contribution in [-0.4, -0.2) is 66.8 Å². The number of rotatable bonds is 5. The third-order valence-corrected chi connectivity index (χ3v) is 6.57. The molecule has 5 rings (SSSR count). The molecule has 3 aromatic rings. The molecule has 0 spiro atoms. The maximum absolute atomic E-state index is 12.5. The largest absolute Gasteiger partial charge is 0.492 e. The molecule has 2 unspecified atom stereocenters. The Hall–Kier alpha value is -3.46. The minimum absolute atomic E-state index is 0.290. The van der Waals surface area contributed by atoms with Crippen LogP contribution in [0.25, 0.3) is 11.3 Å². The average Bonchev–Trinajstić information content (AvgIpc) is 3.54. The molecule has 2 N–H and O–H groups in total. The van der Waals surface area contributed by atoms with Crippen LogP contribution in [0.3, 0.4) is 0 Å².